The Balaban J connectivity index is 0.00000112. The number of pyridine rings is 1. The van der Waals surface area contributed by atoms with Crippen LogP contribution in [0.5, 0.6) is 5.75 Å². The molecule has 5 heteroatoms. The molecule has 1 N–H and O–H groups in total. The van der Waals surface area contributed by atoms with E-state index in [9.17, 15) is 0 Å². The van der Waals surface area contributed by atoms with E-state index in [-0.39, 0.29) is 12.4 Å². The lowest BCUT2D eigenvalue weighted by molar-refractivity contribution is 0.276. The SMILES string of the molecule is Cl.Clc1ccc(OC[C@H]2CCCN2)cn1. The van der Waals surface area contributed by atoms with Crippen LogP contribution in [0.4, 0.5) is 0 Å². The van der Waals surface area contributed by atoms with Crippen molar-refractivity contribution in [3.63, 3.8) is 0 Å². The van der Waals surface area contributed by atoms with Crippen LogP contribution in [0.2, 0.25) is 5.15 Å². The number of nitrogens with one attached hydrogen (secondary N) is 1. The summed E-state index contributed by atoms with van der Waals surface area (Å²) in [6.07, 6.45) is 4.09. The van der Waals surface area contributed by atoms with Gasteiger partial charge in [-0.3, -0.25) is 0 Å². The van der Waals surface area contributed by atoms with Crippen molar-refractivity contribution in [2.24, 2.45) is 0 Å². The average Bonchev–Trinajstić information content (AvgIpc) is 2.70. The number of halogens is 2. The third-order valence-electron chi connectivity index (χ3n) is 2.31. The lowest BCUT2D eigenvalue weighted by Gasteiger charge is -2.11. The molecule has 0 aromatic carbocycles. The minimum atomic E-state index is 0. The molecule has 0 amide bonds. The molecule has 0 saturated carbocycles. The standard InChI is InChI=1S/C10H13ClN2O.ClH/c11-10-4-3-9(6-13-10)14-7-8-2-1-5-12-8;/h3-4,6,8,12H,1-2,5,7H2;1H/t8-;/m1./s1. The molecular formula is C10H14Cl2N2O. The van der Waals surface area contributed by atoms with E-state index in [1.807, 2.05) is 6.07 Å². The minimum absolute atomic E-state index is 0. The number of ether oxygens (including phenoxy) is 1. The van der Waals surface area contributed by atoms with E-state index in [2.05, 4.69) is 10.3 Å². The van der Waals surface area contributed by atoms with E-state index < -0.39 is 0 Å². The van der Waals surface area contributed by atoms with Crippen molar-refractivity contribution in [3.8, 4) is 5.75 Å². The lowest BCUT2D eigenvalue weighted by Crippen LogP contribution is -2.28. The maximum Gasteiger partial charge on any atom is 0.137 e. The fraction of sp³-hybridized carbons (Fsp3) is 0.500. The highest BCUT2D eigenvalue weighted by molar-refractivity contribution is 6.29. The fourth-order valence-corrected chi connectivity index (χ4v) is 1.66. The van der Waals surface area contributed by atoms with Gasteiger partial charge in [-0.2, -0.15) is 0 Å². The Hall–Kier alpha value is -0.510. The molecule has 0 unspecified atom stereocenters. The zero-order valence-corrected chi connectivity index (χ0v) is 9.85. The second kappa shape index (κ2) is 6.16. The molecule has 1 aliphatic rings. The molecule has 2 rings (SSSR count). The Labute approximate surface area is 101 Å². The lowest BCUT2D eigenvalue weighted by atomic mass is 10.2. The quantitative estimate of drug-likeness (QED) is 0.834. The summed E-state index contributed by atoms with van der Waals surface area (Å²) in [4.78, 5) is 3.94. The van der Waals surface area contributed by atoms with E-state index in [0.717, 1.165) is 12.3 Å². The third kappa shape index (κ3) is 3.86. The third-order valence-corrected chi connectivity index (χ3v) is 2.54. The highest BCUT2D eigenvalue weighted by atomic mass is 35.5. The van der Waals surface area contributed by atoms with Crippen LogP contribution in [-0.4, -0.2) is 24.2 Å². The molecule has 1 aromatic rings. The van der Waals surface area contributed by atoms with Crippen molar-refractivity contribution in [2.45, 2.75) is 18.9 Å². The summed E-state index contributed by atoms with van der Waals surface area (Å²) >= 11 is 5.66. The zero-order valence-electron chi connectivity index (χ0n) is 8.28. The topological polar surface area (TPSA) is 34.1 Å². The molecule has 2 heterocycles. The van der Waals surface area contributed by atoms with Gasteiger partial charge < -0.3 is 10.1 Å². The van der Waals surface area contributed by atoms with E-state index in [0.29, 0.717) is 17.8 Å². The zero-order chi connectivity index (χ0) is 9.80. The first-order valence-electron chi connectivity index (χ1n) is 4.82. The Morgan fingerprint density at radius 1 is 1.53 bits per heavy atom. The minimum Gasteiger partial charge on any atom is -0.490 e. The number of nitrogens with zero attached hydrogens (tertiary/aromatic N) is 1. The summed E-state index contributed by atoms with van der Waals surface area (Å²) in [6, 6.07) is 4.06. The second-order valence-corrected chi connectivity index (χ2v) is 3.81. The van der Waals surface area contributed by atoms with E-state index in [4.69, 9.17) is 16.3 Å². The Bertz CT molecular complexity index is 286. The molecule has 0 aliphatic carbocycles. The van der Waals surface area contributed by atoms with Gasteiger partial charge >= 0.3 is 0 Å². The van der Waals surface area contributed by atoms with Crippen molar-refractivity contribution in [2.75, 3.05) is 13.2 Å². The predicted octanol–water partition coefficient (Wildman–Crippen LogP) is 2.29. The van der Waals surface area contributed by atoms with Gasteiger partial charge in [0.2, 0.25) is 0 Å². The first kappa shape index (κ1) is 12.6. The predicted molar refractivity (Wildman–Crippen MR) is 63.0 cm³/mol. The van der Waals surface area contributed by atoms with Gasteiger partial charge in [0, 0.05) is 6.04 Å². The van der Waals surface area contributed by atoms with E-state index >= 15 is 0 Å². The summed E-state index contributed by atoms with van der Waals surface area (Å²) in [5.74, 6) is 0.781. The van der Waals surface area contributed by atoms with Crippen LogP contribution in [0.3, 0.4) is 0 Å². The van der Waals surface area contributed by atoms with Gasteiger partial charge in [-0.15, -0.1) is 12.4 Å². The number of hydrogen-bond acceptors (Lipinski definition) is 3. The van der Waals surface area contributed by atoms with Crippen molar-refractivity contribution < 1.29 is 4.74 Å². The molecule has 0 spiro atoms. The van der Waals surface area contributed by atoms with Gasteiger partial charge in [0.15, 0.2) is 0 Å². The summed E-state index contributed by atoms with van der Waals surface area (Å²) in [7, 11) is 0. The first-order valence-corrected chi connectivity index (χ1v) is 5.20. The molecule has 0 radical (unpaired) electrons. The summed E-state index contributed by atoms with van der Waals surface area (Å²) < 4.78 is 5.56. The molecule has 15 heavy (non-hydrogen) atoms. The second-order valence-electron chi connectivity index (χ2n) is 3.42. The van der Waals surface area contributed by atoms with Gasteiger partial charge in [0.25, 0.3) is 0 Å². The Morgan fingerprint density at radius 3 is 3.00 bits per heavy atom. The molecule has 1 saturated heterocycles. The van der Waals surface area contributed by atoms with Crippen LogP contribution in [-0.2, 0) is 0 Å². The van der Waals surface area contributed by atoms with Crippen molar-refractivity contribution in [1.82, 2.24) is 10.3 Å². The number of aromatic nitrogens is 1. The molecule has 1 atom stereocenters. The smallest absolute Gasteiger partial charge is 0.137 e. The average molecular weight is 249 g/mol. The van der Waals surface area contributed by atoms with Crippen LogP contribution in [0.15, 0.2) is 18.3 Å². The van der Waals surface area contributed by atoms with Gasteiger partial charge in [0.1, 0.15) is 17.5 Å². The van der Waals surface area contributed by atoms with Gasteiger partial charge in [0.05, 0.1) is 6.20 Å². The Morgan fingerprint density at radius 2 is 2.40 bits per heavy atom. The van der Waals surface area contributed by atoms with Crippen molar-refractivity contribution in [1.29, 1.82) is 0 Å². The summed E-state index contributed by atoms with van der Waals surface area (Å²) in [5.41, 5.74) is 0. The van der Waals surface area contributed by atoms with Crippen LogP contribution in [0.1, 0.15) is 12.8 Å². The van der Waals surface area contributed by atoms with Gasteiger partial charge in [-0.1, -0.05) is 11.6 Å². The maximum atomic E-state index is 5.66. The fourth-order valence-electron chi connectivity index (χ4n) is 1.54. The van der Waals surface area contributed by atoms with Gasteiger partial charge in [-0.05, 0) is 31.5 Å². The van der Waals surface area contributed by atoms with Crippen LogP contribution in [0.25, 0.3) is 0 Å². The molecule has 1 aliphatic heterocycles. The molecule has 0 bridgehead atoms. The monoisotopic (exact) mass is 248 g/mol. The largest absolute Gasteiger partial charge is 0.490 e. The normalized spacial score (nSPS) is 19.7. The van der Waals surface area contributed by atoms with E-state index in [1.54, 1.807) is 12.3 Å². The van der Waals surface area contributed by atoms with Crippen LogP contribution < -0.4 is 10.1 Å². The highest BCUT2D eigenvalue weighted by Gasteiger charge is 2.14. The highest BCUT2D eigenvalue weighted by Crippen LogP contribution is 2.13. The van der Waals surface area contributed by atoms with Crippen molar-refractivity contribution >= 4 is 24.0 Å². The Kier molecular flexibility index (Phi) is 5.15. The molecule has 84 valence electrons. The molecular weight excluding hydrogens is 235 g/mol. The van der Waals surface area contributed by atoms with E-state index in [1.165, 1.54) is 12.8 Å². The molecule has 1 aromatic heterocycles. The maximum absolute atomic E-state index is 5.66. The summed E-state index contributed by atoms with van der Waals surface area (Å²) in [6.45, 7) is 1.82. The first-order chi connectivity index (χ1) is 6.84. The van der Waals surface area contributed by atoms with Gasteiger partial charge in [-0.25, -0.2) is 4.98 Å². The number of hydrogen-bond donors (Lipinski definition) is 1. The number of rotatable bonds is 3. The molecule has 3 nitrogen and oxygen atoms in total. The van der Waals surface area contributed by atoms with Crippen LogP contribution >= 0.6 is 24.0 Å². The van der Waals surface area contributed by atoms with Crippen LogP contribution in [0, 0.1) is 0 Å². The summed E-state index contributed by atoms with van der Waals surface area (Å²) in [5, 5.41) is 3.86. The van der Waals surface area contributed by atoms with Crippen molar-refractivity contribution in [3.05, 3.63) is 23.5 Å². The molecule has 1 fully saturated rings.